The lowest BCUT2D eigenvalue weighted by Crippen LogP contribution is -2.23. The van der Waals surface area contributed by atoms with Crippen LogP contribution in [0.3, 0.4) is 0 Å². The molecule has 1 aliphatic rings. The molecule has 3 N–H and O–H groups in total. The summed E-state index contributed by atoms with van der Waals surface area (Å²) in [6, 6.07) is 1.84. The average molecular weight is 180 g/mol. The molecular weight excluding hydrogens is 168 g/mol. The first kappa shape index (κ1) is 8.16. The van der Waals surface area contributed by atoms with Crippen molar-refractivity contribution in [2.75, 3.05) is 5.73 Å². The first-order chi connectivity index (χ1) is 6.11. The Morgan fingerprint density at radius 3 is 2.77 bits per heavy atom. The molecule has 0 bridgehead atoms. The second-order valence-electron chi connectivity index (χ2n) is 3.49. The second kappa shape index (κ2) is 2.52. The molecule has 0 spiro atoms. The van der Waals surface area contributed by atoms with Crippen molar-refractivity contribution in [1.82, 2.24) is 4.57 Å². The standard InChI is InChI=1S/C9H12N2O2/c1-5-4-7(12)8(10)9(13)11(5)6-2-3-6/h4,6,12H,2-3,10H2,1H3. The summed E-state index contributed by atoms with van der Waals surface area (Å²) in [5.74, 6) is -0.112. The minimum Gasteiger partial charge on any atom is -0.506 e. The van der Waals surface area contributed by atoms with E-state index >= 15 is 0 Å². The van der Waals surface area contributed by atoms with Gasteiger partial charge in [0.25, 0.3) is 5.56 Å². The number of aromatic nitrogens is 1. The Labute approximate surface area is 75.6 Å². The minimum atomic E-state index is -0.264. The molecular formula is C9H12N2O2. The van der Waals surface area contributed by atoms with Gasteiger partial charge in [-0.1, -0.05) is 0 Å². The van der Waals surface area contributed by atoms with E-state index in [4.69, 9.17) is 5.73 Å². The lowest BCUT2D eigenvalue weighted by Gasteiger charge is -2.09. The van der Waals surface area contributed by atoms with Crippen molar-refractivity contribution >= 4 is 5.69 Å². The Morgan fingerprint density at radius 2 is 2.23 bits per heavy atom. The maximum absolute atomic E-state index is 11.6. The third kappa shape index (κ3) is 1.18. The number of hydrogen-bond donors (Lipinski definition) is 2. The van der Waals surface area contributed by atoms with Gasteiger partial charge >= 0.3 is 0 Å². The summed E-state index contributed by atoms with van der Waals surface area (Å²) in [4.78, 5) is 11.6. The van der Waals surface area contributed by atoms with Crippen LogP contribution in [0.1, 0.15) is 24.6 Å². The molecule has 1 fully saturated rings. The van der Waals surface area contributed by atoms with Crippen LogP contribution in [0.4, 0.5) is 5.69 Å². The molecule has 2 rings (SSSR count). The maximum Gasteiger partial charge on any atom is 0.277 e. The molecule has 0 amide bonds. The van der Waals surface area contributed by atoms with E-state index in [-0.39, 0.29) is 17.0 Å². The summed E-state index contributed by atoms with van der Waals surface area (Å²) >= 11 is 0. The van der Waals surface area contributed by atoms with Gasteiger partial charge in [0.1, 0.15) is 11.4 Å². The lowest BCUT2D eigenvalue weighted by atomic mass is 10.3. The third-order valence-corrected chi connectivity index (χ3v) is 2.36. The molecule has 0 atom stereocenters. The van der Waals surface area contributed by atoms with Crippen LogP contribution in [0.5, 0.6) is 5.75 Å². The molecule has 1 aromatic rings. The van der Waals surface area contributed by atoms with Crippen LogP contribution in [-0.4, -0.2) is 9.67 Å². The number of aryl methyl sites for hydroxylation is 1. The number of nitrogens with zero attached hydrogens (tertiary/aromatic N) is 1. The van der Waals surface area contributed by atoms with Crippen molar-refractivity contribution in [3.05, 3.63) is 22.1 Å². The van der Waals surface area contributed by atoms with Gasteiger partial charge in [-0.05, 0) is 19.8 Å². The lowest BCUT2D eigenvalue weighted by molar-refractivity contribution is 0.472. The van der Waals surface area contributed by atoms with Crippen LogP contribution in [0.25, 0.3) is 0 Å². The molecule has 1 heterocycles. The van der Waals surface area contributed by atoms with Crippen LogP contribution in [-0.2, 0) is 0 Å². The van der Waals surface area contributed by atoms with Gasteiger partial charge in [-0.15, -0.1) is 0 Å². The van der Waals surface area contributed by atoms with Crippen molar-refractivity contribution in [2.45, 2.75) is 25.8 Å². The van der Waals surface area contributed by atoms with Gasteiger partial charge < -0.3 is 15.4 Å². The van der Waals surface area contributed by atoms with E-state index in [0.717, 1.165) is 18.5 Å². The number of aromatic hydroxyl groups is 1. The molecule has 13 heavy (non-hydrogen) atoms. The van der Waals surface area contributed by atoms with Crippen LogP contribution in [0.15, 0.2) is 10.9 Å². The number of pyridine rings is 1. The Kier molecular flexibility index (Phi) is 1.58. The van der Waals surface area contributed by atoms with Crippen molar-refractivity contribution < 1.29 is 5.11 Å². The van der Waals surface area contributed by atoms with E-state index in [2.05, 4.69) is 0 Å². The predicted molar refractivity (Wildman–Crippen MR) is 49.8 cm³/mol. The van der Waals surface area contributed by atoms with Crippen molar-refractivity contribution in [3.63, 3.8) is 0 Å². The van der Waals surface area contributed by atoms with Gasteiger partial charge in [0.15, 0.2) is 0 Å². The van der Waals surface area contributed by atoms with Gasteiger partial charge in [-0.25, -0.2) is 0 Å². The summed E-state index contributed by atoms with van der Waals surface area (Å²) in [5, 5.41) is 9.27. The van der Waals surface area contributed by atoms with Gasteiger partial charge in [-0.2, -0.15) is 0 Å². The van der Waals surface area contributed by atoms with Crippen LogP contribution in [0, 0.1) is 6.92 Å². The van der Waals surface area contributed by atoms with E-state index in [1.807, 2.05) is 0 Å². The van der Waals surface area contributed by atoms with Crippen LogP contribution >= 0.6 is 0 Å². The highest BCUT2D eigenvalue weighted by Crippen LogP contribution is 2.35. The SMILES string of the molecule is Cc1cc(O)c(N)c(=O)n1C1CC1. The smallest absolute Gasteiger partial charge is 0.277 e. The molecule has 4 heteroatoms. The van der Waals surface area contributed by atoms with E-state index < -0.39 is 0 Å². The van der Waals surface area contributed by atoms with Crippen molar-refractivity contribution in [2.24, 2.45) is 0 Å². The summed E-state index contributed by atoms with van der Waals surface area (Å²) < 4.78 is 1.66. The Hall–Kier alpha value is -1.45. The predicted octanol–water partition coefficient (Wildman–Crippen LogP) is 0.779. The summed E-state index contributed by atoms with van der Waals surface area (Å²) in [7, 11) is 0. The molecule has 0 unspecified atom stereocenters. The molecule has 4 nitrogen and oxygen atoms in total. The fourth-order valence-electron chi connectivity index (χ4n) is 1.53. The molecule has 70 valence electrons. The second-order valence-corrected chi connectivity index (χ2v) is 3.49. The van der Waals surface area contributed by atoms with Crippen LogP contribution in [0.2, 0.25) is 0 Å². The Balaban J connectivity index is 2.67. The minimum absolute atomic E-state index is 0.0440. The van der Waals surface area contributed by atoms with Gasteiger partial charge in [0.05, 0.1) is 0 Å². The number of anilines is 1. The monoisotopic (exact) mass is 180 g/mol. The van der Waals surface area contributed by atoms with Gasteiger partial charge in [0.2, 0.25) is 0 Å². The molecule has 1 aromatic heterocycles. The summed E-state index contributed by atoms with van der Waals surface area (Å²) in [6.07, 6.45) is 2.07. The quantitative estimate of drug-likeness (QED) is 0.671. The highest BCUT2D eigenvalue weighted by Gasteiger charge is 2.27. The van der Waals surface area contributed by atoms with Gasteiger partial charge in [0, 0.05) is 17.8 Å². The highest BCUT2D eigenvalue weighted by molar-refractivity contribution is 5.50. The first-order valence-electron chi connectivity index (χ1n) is 4.32. The number of hydrogen-bond acceptors (Lipinski definition) is 3. The zero-order chi connectivity index (χ0) is 9.59. The molecule has 1 saturated carbocycles. The van der Waals surface area contributed by atoms with Crippen molar-refractivity contribution in [3.8, 4) is 5.75 Å². The zero-order valence-electron chi connectivity index (χ0n) is 7.45. The number of nitrogens with two attached hydrogens (primary N) is 1. The van der Waals surface area contributed by atoms with E-state index in [9.17, 15) is 9.90 Å². The zero-order valence-corrected chi connectivity index (χ0v) is 7.45. The normalized spacial score (nSPS) is 16.1. The van der Waals surface area contributed by atoms with E-state index in [1.165, 1.54) is 6.07 Å². The largest absolute Gasteiger partial charge is 0.506 e. The van der Waals surface area contributed by atoms with E-state index in [0.29, 0.717) is 6.04 Å². The summed E-state index contributed by atoms with van der Waals surface area (Å²) in [6.45, 7) is 1.80. The highest BCUT2D eigenvalue weighted by atomic mass is 16.3. The van der Waals surface area contributed by atoms with Gasteiger partial charge in [-0.3, -0.25) is 4.79 Å². The fraction of sp³-hybridized carbons (Fsp3) is 0.444. The van der Waals surface area contributed by atoms with Crippen molar-refractivity contribution in [1.29, 1.82) is 0 Å². The van der Waals surface area contributed by atoms with E-state index in [1.54, 1.807) is 11.5 Å². The maximum atomic E-state index is 11.6. The summed E-state index contributed by atoms with van der Waals surface area (Å²) in [5.41, 5.74) is 5.90. The molecule has 0 saturated heterocycles. The fourth-order valence-corrected chi connectivity index (χ4v) is 1.53. The Bertz CT molecular complexity index is 405. The topological polar surface area (TPSA) is 68.2 Å². The molecule has 1 aliphatic carbocycles. The molecule has 0 aromatic carbocycles. The number of nitrogen functional groups attached to an aromatic ring is 1. The first-order valence-corrected chi connectivity index (χ1v) is 4.32. The number of rotatable bonds is 1. The molecule has 0 aliphatic heterocycles. The average Bonchev–Trinajstić information content (AvgIpc) is 2.84. The van der Waals surface area contributed by atoms with Crippen LogP contribution < -0.4 is 11.3 Å². The third-order valence-electron chi connectivity index (χ3n) is 2.36. The molecule has 0 radical (unpaired) electrons. The Morgan fingerprint density at radius 1 is 1.62 bits per heavy atom.